The van der Waals surface area contributed by atoms with Crippen LogP contribution in [0.5, 0.6) is 5.75 Å². The molecule has 0 radical (unpaired) electrons. The first-order valence-electron chi connectivity index (χ1n) is 3.55. The van der Waals surface area contributed by atoms with Crippen LogP contribution in [-0.4, -0.2) is 23.6 Å². The molecule has 14 heavy (non-hydrogen) atoms. The number of carbonyl (C=O) groups is 1. The monoisotopic (exact) mass is 199 g/mol. The molecule has 0 amide bonds. The third-order valence-corrected chi connectivity index (χ3v) is 1.22. The third kappa shape index (κ3) is 3.63. The molecule has 6 heteroatoms. The van der Waals surface area contributed by atoms with Gasteiger partial charge < -0.3 is 5.11 Å². The van der Waals surface area contributed by atoms with E-state index in [0.717, 1.165) is 7.11 Å². The molecule has 0 saturated heterocycles. The number of nitrogens with zero attached hydrogens (tertiary/aromatic N) is 1. The lowest BCUT2D eigenvalue weighted by Crippen LogP contribution is -2.05. The van der Waals surface area contributed by atoms with Crippen LogP contribution in [-0.2, 0) is 0 Å². The van der Waals surface area contributed by atoms with Gasteiger partial charge in [0.2, 0.25) is 0 Å². The Hall–Kier alpha value is -1.95. The van der Waals surface area contributed by atoms with E-state index in [0.29, 0.717) is 6.29 Å². The second-order valence-corrected chi connectivity index (χ2v) is 1.97. The van der Waals surface area contributed by atoms with Crippen LogP contribution in [0.15, 0.2) is 24.3 Å². The average molecular weight is 199 g/mol. The van der Waals surface area contributed by atoms with Gasteiger partial charge in [-0.3, -0.25) is 9.63 Å². The molecule has 0 bridgehead atoms. The number of aldehydes is 1. The quantitative estimate of drug-likeness (QED) is 0.439. The Morgan fingerprint density at radius 3 is 2.50 bits per heavy atom. The summed E-state index contributed by atoms with van der Waals surface area (Å²) in [5, 5.41) is 15.9. The van der Waals surface area contributed by atoms with Crippen LogP contribution in [0.1, 0.15) is 10.4 Å². The Kier molecular flexibility index (Phi) is 5.64. The van der Waals surface area contributed by atoms with E-state index < -0.39 is 5.09 Å². The number of carbonyl (C=O) groups excluding carboxylic acids is 1. The van der Waals surface area contributed by atoms with Crippen molar-refractivity contribution in [2.24, 2.45) is 0 Å². The van der Waals surface area contributed by atoms with Gasteiger partial charge in [-0.05, 0) is 12.1 Å². The van der Waals surface area contributed by atoms with Crippen molar-refractivity contribution in [2.75, 3.05) is 7.11 Å². The zero-order valence-electron chi connectivity index (χ0n) is 7.41. The minimum absolute atomic E-state index is 0.0440. The molecule has 0 aromatic heterocycles. The molecule has 1 rings (SSSR count). The first-order valence-corrected chi connectivity index (χ1v) is 3.55. The van der Waals surface area contributed by atoms with Gasteiger partial charge in [-0.15, -0.1) is 10.1 Å². The van der Waals surface area contributed by atoms with Gasteiger partial charge in [0.05, 0.1) is 0 Å². The van der Waals surface area contributed by atoms with E-state index in [4.69, 9.17) is 5.11 Å². The summed E-state index contributed by atoms with van der Waals surface area (Å²) >= 11 is 0. The number of aliphatic hydroxyl groups excluding tert-OH is 1. The molecular weight excluding hydrogens is 190 g/mol. The van der Waals surface area contributed by atoms with Crippen molar-refractivity contribution in [1.82, 2.24) is 0 Å². The van der Waals surface area contributed by atoms with Gasteiger partial charge >= 0.3 is 0 Å². The first-order chi connectivity index (χ1) is 6.74. The SMILES string of the molecule is CO.O=Cc1ccccc1O[N+](=O)[O-]. The van der Waals surface area contributed by atoms with Gasteiger partial charge in [-0.25, -0.2) is 0 Å². The van der Waals surface area contributed by atoms with Crippen molar-refractivity contribution in [2.45, 2.75) is 0 Å². The van der Waals surface area contributed by atoms with Gasteiger partial charge in [0.1, 0.15) is 5.75 Å². The van der Waals surface area contributed by atoms with Crippen LogP contribution in [0.4, 0.5) is 0 Å². The fourth-order valence-electron chi connectivity index (χ4n) is 0.741. The summed E-state index contributed by atoms with van der Waals surface area (Å²) in [6.07, 6.45) is 0.499. The molecule has 1 aromatic rings. The van der Waals surface area contributed by atoms with E-state index in [-0.39, 0.29) is 11.3 Å². The van der Waals surface area contributed by atoms with Crippen molar-refractivity contribution in [3.8, 4) is 5.75 Å². The summed E-state index contributed by atoms with van der Waals surface area (Å²) in [7, 11) is 1.00. The van der Waals surface area contributed by atoms with Crippen LogP contribution < -0.4 is 4.84 Å². The van der Waals surface area contributed by atoms with E-state index in [1.165, 1.54) is 12.1 Å². The molecule has 76 valence electrons. The molecule has 0 atom stereocenters. The minimum atomic E-state index is -0.956. The molecule has 0 unspecified atom stereocenters. The molecule has 0 saturated carbocycles. The number of hydrogen-bond acceptors (Lipinski definition) is 5. The molecule has 0 spiro atoms. The van der Waals surface area contributed by atoms with E-state index in [2.05, 4.69) is 4.84 Å². The Balaban J connectivity index is 0.000000791. The number of para-hydroxylation sites is 1. The van der Waals surface area contributed by atoms with Crippen molar-refractivity contribution >= 4 is 6.29 Å². The molecule has 0 heterocycles. The molecule has 0 aliphatic rings. The Morgan fingerprint density at radius 1 is 1.43 bits per heavy atom. The zero-order valence-corrected chi connectivity index (χ0v) is 7.41. The van der Waals surface area contributed by atoms with E-state index in [9.17, 15) is 14.9 Å². The summed E-state index contributed by atoms with van der Waals surface area (Å²) in [5.74, 6) is -0.0440. The van der Waals surface area contributed by atoms with E-state index >= 15 is 0 Å². The maximum atomic E-state index is 10.3. The van der Waals surface area contributed by atoms with Gasteiger partial charge in [0.15, 0.2) is 6.29 Å². The van der Waals surface area contributed by atoms with Crippen molar-refractivity contribution in [1.29, 1.82) is 0 Å². The molecule has 0 aliphatic heterocycles. The third-order valence-electron chi connectivity index (χ3n) is 1.22. The largest absolute Gasteiger partial charge is 0.400 e. The minimum Gasteiger partial charge on any atom is -0.400 e. The second-order valence-electron chi connectivity index (χ2n) is 1.97. The number of rotatable bonds is 3. The molecule has 6 nitrogen and oxygen atoms in total. The Morgan fingerprint density at radius 2 is 2.00 bits per heavy atom. The molecule has 0 aliphatic carbocycles. The van der Waals surface area contributed by atoms with Gasteiger partial charge in [0.25, 0.3) is 5.09 Å². The Labute approximate surface area is 79.8 Å². The predicted octanol–water partition coefficient (Wildman–Crippen LogP) is 0.678. The van der Waals surface area contributed by atoms with Crippen LogP contribution in [0, 0.1) is 10.1 Å². The van der Waals surface area contributed by atoms with Crippen molar-refractivity contribution in [3.05, 3.63) is 39.9 Å². The molecule has 1 N–H and O–H groups in total. The summed E-state index contributed by atoms with van der Waals surface area (Å²) in [5.41, 5.74) is 0.161. The fourth-order valence-corrected chi connectivity index (χ4v) is 0.741. The maximum absolute atomic E-state index is 10.3. The highest BCUT2D eigenvalue weighted by Crippen LogP contribution is 2.14. The second kappa shape index (κ2) is 6.55. The summed E-state index contributed by atoms with van der Waals surface area (Å²) in [6, 6.07) is 5.93. The van der Waals surface area contributed by atoms with Crippen LogP contribution >= 0.6 is 0 Å². The number of hydrogen-bond donors (Lipinski definition) is 1. The summed E-state index contributed by atoms with van der Waals surface area (Å²) in [6.45, 7) is 0. The summed E-state index contributed by atoms with van der Waals surface area (Å²) < 4.78 is 0. The highest BCUT2D eigenvalue weighted by atomic mass is 17.0. The van der Waals surface area contributed by atoms with Crippen LogP contribution in [0.3, 0.4) is 0 Å². The zero-order chi connectivity index (χ0) is 11.0. The number of benzene rings is 1. The molecule has 1 aromatic carbocycles. The number of aliphatic hydroxyl groups is 1. The van der Waals surface area contributed by atoms with Gasteiger partial charge in [0, 0.05) is 12.7 Å². The van der Waals surface area contributed by atoms with E-state index in [1.807, 2.05) is 0 Å². The lowest BCUT2D eigenvalue weighted by Gasteiger charge is -1.99. The maximum Gasteiger partial charge on any atom is 0.299 e. The molecule has 0 fully saturated rings. The fraction of sp³-hybridized carbons (Fsp3) is 0.125. The van der Waals surface area contributed by atoms with Gasteiger partial charge in [-0.1, -0.05) is 12.1 Å². The average Bonchev–Trinajstić information content (AvgIpc) is 2.21. The van der Waals surface area contributed by atoms with Crippen LogP contribution in [0.2, 0.25) is 0 Å². The highest BCUT2D eigenvalue weighted by Gasteiger charge is 2.03. The lowest BCUT2D eigenvalue weighted by molar-refractivity contribution is -0.711. The normalized spacial score (nSPS) is 8.14. The van der Waals surface area contributed by atoms with Crippen molar-refractivity contribution < 1.29 is 19.8 Å². The van der Waals surface area contributed by atoms with E-state index in [1.54, 1.807) is 12.1 Å². The predicted molar refractivity (Wildman–Crippen MR) is 47.6 cm³/mol. The van der Waals surface area contributed by atoms with Crippen LogP contribution in [0.25, 0.3) is 0 Å². The standard InChI is InChI=1S/C7H5NO4.CH4O/c9-5-6-3-1-2-4-7(6)12-8(10)11;1-2/h1-5H;2H,1H3. The Bertz CT molecular complexity index is 312. The highest BCUT2D eigenvalue weighted by molar-refractivity contribution is 5.78. The smallest absolute Gasteiger partial charge is 0.299 e. The summed E-state index contributed by atoms with van der Waals surface area (Å²) in [4.78, 5) is 24.3. The molecular formula is C8H9NO5. The lowest BCUT2D eigenvalue weighted by atomic mass is 10.2. The van der Waals surface area contributed by atoms with Gasteiger partial charge in [-0.2, -0.15) is 0 Å². The first kappa shape index (κ1) is 12.0. The van der Waals surface area contributed by atoms with Crippen molar-refractivity contribution in [3.63, 3.8) is 0 Å². The topological polar surface area (TPSA) is 89.7 Å².